The maximum atomic E-state index is 13.0. The van der Waals surface area contributed by atoms with Crippen LogP contribution in [0.15, 0.2) is 72.8 Å². The van der Waals surface area contributed by atoms with Gasteiger partial charge in [-0.3, -0.25) is 9.10 Å². The first kappa shape index (κ1) is 20.0. The number of hydrogen-bond donors (Lipinski definition) is 1. The number of fused-ring (bicyclic) bond motifs is 2. The van der Waals surface area contributed by atoms with Crippen LogP contribution in [0.5, 0.6) is 11.5 Å². The molecule has 0 saturated carbocycles. The minimum atomic E-state index is -3.65. The van der Waals surface area contributed by atoms with Crippen molar-refractivity contribution in [1.82, 2.24) is 5.32 Å². The SMILES string of the molecule is Cc1ccccc1N(CC(=O)NC1c2ccccc2Oc2ccccc21)S(C)(=O)=O. The minimum absolute atomic E-state index is 0.314. The Kier molecular flexibility index (Phi) is 5.22. The van der Waals surface area contributed by atoms with Gasteiger partial charge >= 0.3 is 0 Å². The molecular weight excluding hydrogens is 400 g/mol. The third kappa shape index (κ3) is 3.89. The number of aryl methyl sites for hydroxylation is 1. The summed E-state index contributed by atoms with van der Waals surface area (Å²) in [6.45, 7) is 1.50. The largest absolute Gasteiger partial charge is 0.457 e. The molecule has 1 aliphatic rings. The van der Waals surface area contributed by atoms with Gasteiger partial charge in [-0.05, 0) is 30.7 Å². The van der Waals surface area contributed by atoms with Gasteiger partial charge < -0.3 is 10.1 Å². The number of anilines is 1. The maximum absolute atomic E-state index is 13.0. The highest BCUT2D eigenvalue weighted by Gasteiger charge is 2.30. The third-order valence-corrected chi connectivity index (χ3v) is 6.18. The molecule has 0 atom stereocenters. The van der Waals surface area contributed by atoms with Crippen molar-refractivity contribution < 1.29 is 17.9 Å². The summed E-state index contributed by atoms with van der Waals surface area (Å²) in [5.74, 6) is 0.931. The number of rotatable bonds is 5. The van der Waals surface area contributed by atoms with Crippen LogP contribution in [0.1, 0.15) is 22.7 Å². The van der Waals surface area contributed by atoms with Crippen molar-refractivity contribution in [2.75, 3.05) is 17.1 Å². The van der Waals surface area contributed by atoms with Gasteiger partial charge in [0.05, 0.1) is 18.0 Å². The predicted molar refractivity (Wildman–Crippen MR) is 116 cm³/mol. The van der Waals surface area contributed by atoms with Gasteiger partial charge in [0.25, 0.3) is 0 Å². The van der Waals surface area contributed by atoms with Crippen LogP contribution in [-0.2, 0) is 14.8 Å². The number of sulfonamides is 1. The lowest BCUT2D eigenvalue weighted by Gasteiger charge is -2.30. The average molecular weight is 423 g/mol. The second-order valence-electron chi connectivity index (χ2n) is 7.23. The fourth-order valence-electron chi connectivity index (χ4n) is 3.63. The second-order valence-corrected chi connectivity index (χ2v) is 9.14. The van der Waals surface area contributed by atoms with E-state index in [-0.39, 0.29) is 6.54 Å². The molecule has 0 spiro atoms. The molecule has 0 aliphatic carbocycles. The molecule has 0 unspecified atom stereocenters. The first-order valence-corrected chi connectivity index (χ1v) is 11.4. The molecule has 3 aromatic carbocycles. The zero-order valence-corrected chi connectivity index (χ0v) is 17.5. The van der Waals surface area contributed by atoms with E-state index in [4.69, 9.17) is 4.74 Å². The standard InChI is InChI=1S/C23H22N2O4S/c1-16-9-3-6-12-19(16)25(30(2,27)28)15-22(26)24-23-17-10-4-7-13-20(17)29-21-14-8-5-11-18(21)23/h3-14,23H,15H2,1-2H3,(H,24,26). The molecule has 0 saturated heterocycles. The Morgan fingerprint density at radius 3 is 2.03 bits per heavy atom. The normalized spacial score (nSPS) is 13.0. The molecule has 0 radical (unpaired) electrons. The van der Waals surface area contributed by atoms with Crippen LogP contribution in [-0.4, -0.2) is 27.1 Å². The molecular formula is C23H22N2O4S. The molecule has 3 aromatic rings. The van der Waals surface area contributed by atoms with E-state index in [9.17, 15) is 13.2 Å². The Labute approximate surface area is 176 Å². The highest BCUT2D eigenvalue weighted by molar-refractivity contribution is 7.92. The fourth-order valence-corrected chi connectivity index (χ4v) is 4.54. The summed E-state index contributed by atoms with van der Waals surface area (Å²) in [5, 5.41) is 3.00. The molecule has 4 rings (SSSR count). The van der Waals surface area contributed by atoms with E-state index in [1.54, 1.807) is 12.1 Å². The van der Waals surface area contributed by atoms with E-state index in [1.165, 1.54) is 0 Å². The quantitative estimate of drug-likeness (QED) is 0.679. The van der Waals surface area contributed by atoms with Gasteiger partial charge in [0.1, 0.15) is 18.0 Å². The highest BCUT2D eigenvalue weighted by Crippen LogP contribution is 2.42. The molecule has 154 valence electrons. The molecule has 1 aliphatic heterocycles. The van der Waals surface area contributed by atoms with E-state index in [0.29, 0.717) is 17.2 Å². The summed E-state index contributed by atoms with van der Waals surface area (Å²) in [6.07, 6.45) is 1.10. The van der Waals surface area contributed by atoms with Crippen molar-refractivity contribution in [3.8, 4) is 11.5 Å². The van der Waals surface area contributed by atoms with Gasteiger partial charge in [0.2, 0.25) is 15.9 Å². The molecule has 1 heterocycles. The smallest absolute Gasteiger partial charge is 0.241 e. The maximum Gasteiger partial charge on any atom is 0.241 e. The number of nitrogens with zero attached hydrogens (tertiary/aromatic N) is 1. The molecule has 0 fully saturated rings. The van der Waals surface area contributed by atoms with E-state index in [0.717, 1.165) is 27.3 Å². The van der Waals surface area contributed by atoms with Crippen molar-refractivity contribution in [1.29, 1.82) is 0 Å². The lowest BCUT2D eigenvalue weighted by Crippen LogP contribution is -2.42. The number of carbonyl (C=O) groups is 1. The van der Waals surface area contributed by atoms with Gasteiger partial charge in [-0.2, -0.15) is 0 Å². The molecule has 7 heteroatoms. The molecule has 1 N–H and O–H groups in total. The Hall–Kier alpha value is -3.32. The highest BCUT2D eigenvalue weighted by atomic mass is 32.2. The van der Waals surface area contributed by atoms with Crippen LogP contribution < -0.4 is 14.4 Å². The van der Waals surface area contributed by atoms with Crippen molar-refractivity contribution in [3.05, 3.63) is 89.5 Å². The summed E-state index contributed by atoms with van der Waals surface area (Å²) < 4.78 is 32.0. The van der Waals surface area contributed by atoms with E-state index in [1.807, 2.05) is 67.6 Å². The molecule has 1 amide bonds. The van der Waals surface area contributed by atoms with E-state index in [2.05, 4.69) is 5.32 Å². The van der Waals surface area contributed by atoms with Crippen LogP contribution in [0.3, 0.4) is 0 Å². The number of para-hydroxylation sites is 3. The Morgan fingerprint density at radius 2 is 1.47 bits per heavy atom. The van der Waals surface area contributed by atoms with Crippen LogP contribution >= 0.6 is 0 Å². The van der Waals surface area contributed by atoms with Gasteiger partial charge in [-0.15, -0.1) is 0 Å². The van der Waals surface area contributed by atoms with Crippen molar-refractivity contribution >= 4 is 21.6 Å². The summed E-state index contributed by atoms with van der Waals surface area (Å²) in [6, 6.07) is 21.6. The lowest BCUT2D eigenvalue weighted by molar-refractivity contribution is -0.120. The first-order valence-electron chi connectivity index (χ1n) is 9.53. The van der Waals surface area contributed by atoms with Crippen LogP contribution in [0.4, 0.5) is 5.69 Å². The zero-order valence-electron chi connectivity index (χ0n) is 16.7. The molecule has 0 aromatic heterocycles. The van der Waals surface area contributed by atoms with E-state index < -0.39 is 22.0 Å². The number of ether oxygens (including phenoxy) is 1. The number of amides is 1. The second kappa shape index (κ2) is 7.84. The number of nitrogens with one attached hydrogen (secondary N) is 1. The van der Waals surface area contributed by atoms with Gasteiger partial charge in [0.15, 0.2) is 0 Å². The summed E-state index contributed by atoms with van der Waals surface area (Å²) in [7, 11) is -3.65. The number of carbonyl (C=O) groups excluding carboxylic acids is 1. The van der Waals surface area contributed by atoms with Crippen molar-refractivity contribution in [3.63, 3.8) is 0 Å². The molecule has 0 bridgehead atoms. The van der Waals surface area contributed by atoms with Gasteiger partial charge in [0, 0.05) is 11.1 Å². The Morgan fingerprint density at radius 1 is 0.933 bits per heavy atom. The Balaban J connectivity index is 1.65. The third-order valence-electron chi connectivity index (χ3n) is 5.06. The van der Waals surface area contributed by atoms with Crippen molar-refractivity contribution in [2.45, 2.75) is 13.0 Å². The molecule has 30 heavy (non-hydrogen) atoms. The topological polar surface area (TPSA) is 75.7 Å². The van der Waals surface area contributed by atoms with Crippen LogP contribution in [0.2, 0.25) is 0 Å². The summed E-state index contributed by atoms with van der Waals surface area (Å²) >= 11 is 0. The average Bonchev–Trinajstić information content (AvgIpc) is 2.72. The van der Waals surface area contributed by atoms with E-state index >= 15 is 0 Å². The zero-order chi connectivity index (χ0) is 21.3. The van der Waals surface area contributed by atoms with Gasteiger partial charge in [-0.25, -0.2) is 8.42 Å². The Bertz CT molecular complexity index is 1160. The van der Waals surface area contributed by atoms with Crippen LogP contribution in [0.25, 0.3) is 0 Å². The molecule has 6 nitrogen and oxygen atoms in total. The van der Waals surface area contributed by atoms with Crippen molar-refractivity contribution in [2.24, 2.45) is 0 Å². The fraction of sp³-hybridized carbons (Fsp3) is 0.174. The number of hydrogen-bond acceptors (Lipinski definition) is 4. The summed E-state index contributed by atoms with van der Waals surface area (Å²) in [4.78, 5) is 13.0. The van der Waals surface area contributed by atoms with Crippen LogP contribution in [0, 0.1) is 6.92 Å². The monoisotopic (exact) mass is 422 g/mol. The number of benzene rings is 3. The first-order chi connectivity index (χ1) is 14.3. The minimum Gasteiger partial charge on any atom is -0.457 e. The van der Waals surface area contributed by atoms with Gasteiger partial charge in [-0.1, -0.05) is 54.6 Å². The predicted octanol–water partition coefficient (Wildman–Crippen LogP) is 3.77. The summed E-state index contributed by atoms with van der Waals surface area (Å²) in [5.41, 5.74) is 2.91. The lowest BCUT2D eigenvalue weighted by atomic mass is 9.94.